The molecule has 28 heavy (non-hydrogen) atoms. The van der Waals surface area contributed by atoms with Crippen molar-refractivity contribution in [2.45, 2.75) is 13.0 Å². The number of fused-ring (bicyclic) bond motifs is 1. The smallest absolute Gasteiger partial charge is 0.242 e. The quantitative estimate of drug-likeness (QED) is 0.689. The van der Waals surface area contributed by atoms with Crippen LogP contribution in [0.15, 0.2) is 66.7 Å². The average Bonchev–Trinajstić information content (AvgIpc) is 2.72. The van der Waals surface area contributed by atoms with Crippen molar-refractivity contribution in [1.82, 2.24) is 10.2 Å². The molecule has 0 atom stereocenters. The maximum absolute atomic E-state index is 12.3. The van der Waals surface area contributed by atoms with E-state index >= 15 is 0 Å². The van der Waals surface area contributed by atoms with Gasteiger partial charge in [-0.3, -0.25) is 9.59 Å². The molecule has 144 valence electrons. The van der Waals surface area contributed by atoms with Crippen molar-refractivity contribution in [3.63, 3.8) is 0 Å². The first kappa shape index (κ1) is 19.4. The van der Waals surface area contributed by atoms with Gasteiger partial charge in [0.15, 0.2) is 0 Å². The van der Waals surface area contributed by atoms with Gasteiger partial charge in [-0.15, -0.1) is 0 Å². The third-order valence-electron chi connectivity index (χ3n) is 4.60. The molecule has 0 aliphatic rings. The molecule has 0 fully saturated rings. The van der Waals surface area contributed by atoms with Crippen LogP contribution in [0.3, 0.4) is 0 Å². The lowest BCUT2D eigenvalue weighted by Crippen LogP contribution is -2.38. The number of nitrogens with one attached hydrogen (secondary N) is 1. The van der Waals surface area contributed by atoms with Crippen LogP contribution in [0.1, 0.15) is 11.1 Å². The van der Waals surface area contributed by atoms with E-state index in [4.69, 9.17) is 4.74 Å². The first-order valence-corrected chi connectivity index (χ1v) is 9.16. The molecule has 0 aromatic heterocycles. The lowest BCUT2D eigenvalue weighted by Gasteiger charge is -2.18. The number of amides is 2. The summed E-state index contributed by atoms with van der Waals surface area (Å²) in [6.45, 7) is 0.475. The van der Waals surface area contributed by atoms with Crippen LogP contribution in [0.25, 0.3) is 10.8 Å². The number of carbonyl (C=O) groups is 2. The van der Waals surface area contributed by atoms with Gasteiger partial charge in [-0.2, -0.15) is 0 Å². The van der Waals surface area contributed by atoms with Gasteiger partial charge in [0.05, 0.1) is 20.1 Å². The lowest BCUT2D eigenvalue weighted by molar-refractivity contribution is -0.132. The van der Waals surface area contributed by atoms with Crippen LogP contribution in [-0.2, 0) is 22.6 Å². The van der Waals surface area contributed by atoms with Gasteiger partial charge in [-0.25, -0.2) is 0 Å². The molecule has 5 nitrogen and oxygen atoms in total. The highest BCUT2D eigenvalue weighted by Crippen LogP contribution is 2.22. The van der Waals surface area contributed by atoms with Gasteiger partial charge in [0.25, 0.3) is 0 Å². The van der Waals surface area contributed by atoms with Gasteiger partial charge < -0.3 is 15.0 Å². The normalized spacial score (nSPS) is 10.5. The van der Waals surface area contributed by atoms with Crippen molar-refractivity contribution in [2.24, 2.45) is 0 Å². The molecule has 2 amide bonds. The van der Waals surface area contributed by atoms with Crippen LogP contribution in [0, 0.1) is 0 Å². The molecule has 0 aliphatic carbocycles. The SMILES string of the molecule is COc1ccc2cc(CN(C)C(=O)CNC(=O)Cc3ccccc3)ccc2c1. The Morgan fingerprint density at radius 1 is 0.929 bits per heavy atom. The van der Waals surface area contributed by atoms with E-state index in [-0.39, 0.29) is 24.8 Å². The second-order valence-electron chi connectivity index (χ2n) is 6.74. The van der Waals surface area contributed by atoms with Gasteiger partial charge in [0, 0.05) is 13.6 Å². The zero-order chi connectivity index (χ0) is 19.9. The largest absolute Gasteiger partial charge is 0.497 e. The minimum Gasteiger partial charge on any atom is -0.497 e. The molecular weight excluding hydrogens is 352 g/mol. The summed E-state index contributed by atoms with van der Waals surface area (Å²) in [5.74, 6) is 0.530. The fourth-order valence-electron chi connectivity index (χ4n) is 3.01. The molecule has 3 aromatic carbocycles. The van der Waals surface area contributed by atoms with E-state index in [0.29, 0.717) is 6.54 Å². The molecule has 0 heterocycles. The molecule has 0 radical (unpaired) electrons. The standard InChI is InChI=1S/C23H24N2O3/c1-25(23(27)15-24-22(26)13-17-6-4-3-5-7-17)16-18-8-9-20-14-21(28-2)11-10-19(20)12-18/h3-12,14H,13,15-16H2,1-2H3,(H,24,26). The van der Waals surface area contributed by atoms with Crippen LogP contribution >= 0.6 is 0 Å². The van der Waals surface area contributed by atoms with Crippen molar-refractivity contribution in [2.75, 3.05) is 20.7 Å². The van der Waals surface area contributed by atoms with Gasteiger partial charge in [-0.1, -0.05) is 48.5 Å². The molecule has 5 heteroatoms. The van der Waals surface area contributed by atoms with Crippen LogP contribution in [-0.4, -0.2) is 37.4 Å². The van der Waals surface area contributed by atoms with Crippen molar-refractivity contribution >= 4 is 22.6 Å². The van der Waals surface area contributed by atoms with Crippen LogP contribution in [0.4, 0.5) is 0 Å². The molecular formula is C23H24N2O3. The number of ether oxygens (including phenoxy) is 1. The zero-order valence-electron chi connectivity index (χ0n) is 16.1. The number of rotatable bonds is 7. The fourth-order valence-corrected chi connectivity index (χ4v) is 3.01. The maximum atomic E-state index is 12.3. The second-order valence-corrected chi connectivity index (χ2v) is 6.74. The maximum Gasteiger partial charge on any atom is 0.242 e. The van der Waals surface area contributed by atoms with E-state index in [0.717, 1.165) is 27.6 Å². The molecule has 0 saturated heterocycles. The first-order valence-electron chi connectivity index (χ1n) is 9.16. The summed E-state index contributed by atoms with van der Waals surface area (Å²) in [7, 11) is 3.39. The van der Waals surface area contributed by atoms with E-state index in [9.17, 15) is 9.59 Å². The minimum absolute atomic E-state index is 0.00700. The lowest BCUT2D eigenvalue weighted by atomic mass is 10.1. The Morgan fingerprint density at radius 3 is 2.39 bits per heavy atom. The monoisotopic (exact) mass is 376 g/mol. The Balaban J connectivity index is 1.53. The highest BCUT2D eigenvalue weighted by Gasteiger charge is 2.12. The van der Waals surface area contributed by atoms with Gasteiger partial charge in [0.2, 0.25) is 11.8 Å². The summed E-state index contributed by atoms with van der Waals surface area (Å²) >= 11 is 0. The number of benzene rings is 3. The van der Waals surface area contributed by atoms with E-state index < -0.39 is 0 Å². The molecule has 0 unspecified atom stereocenters. The van der Waals surface area contributed by atoms with Crippen molar-refractivity contribution in [3.8, 4) is 5.75 Å². The van der Waals surface area contributed by atoms with Crippen LogP contribution in [0.2, 0.25) is 0 Å². The number of hydrogen-bond donors (Lipinski definition) is 1. The summed E-state index contributed by atoms with van der Waals surface area (Å²) < 4.78 is 5.24. The third-order valence-corrected chi connectivity index (χ3v) is 4.60. The van der Waals surface area contributed by atoms with Crippen molar-refractivity contribution in [1.29, 1.82) is 0 Å². The number of nitrogens with zero attached hydrogens (tertiary/aromatic N) is 1. The van der Waals surface area contributed by atoms with E-state index in [2.05, 4.69) is 11.4 Å². The van der Waals surface area contributed by atoms with Gasteiger partial charge >= 0.3 is 0 Å². The van der Waals surface area contributed by atoms with Crippen LogP contribution < -0.4 is 10.1 Å². The van der Waals surface area contributed by atoms with E-state index in [1.54, 1.807) is 19.1 Å². The Morgan fingerprint density at radius 2 is 1.64 bits per heavy atom. The number of likely N-dealkylation sites (N-methyl/N-ethyl adjacent to an activating group) is 1. The fraction of sp³-hybridized carbons (Fsp3) is 0.217. The third kappa shape index (κ3) is 5.10. The zero-order valence-corrected chi connectivity index (χ0v) is 16.1. The first-order chi connectivity index (χ1) is 13.5. The minimum atomic E-state index is -0.160. The molecule has 0 saturated carbocycles. The Hall–Kier alpha value is -3.34. The molecule has 0 aliphatic heterocycles. The summed E-state index contributed by atoms with van der Waals surface area (Å²) in [4.78, 5) is 26.0. The van der Waals surface area contributed by atoms with E-state index in [1.165, 1.54) is 0 Å². The molecule has 1 N–H and O–H groups in total. The Kier molecular flexibility index (Phi) is 6.27. The number of carbonyl (C=O) groups excluding carboxylic acids is 2. The highest BCUT2D eigenvalue weighted by atomic mass is 16.5. The van der Waals surface area contributed by atoms with Crippen molar-refractivity contribution in [3.05, 3.63) is 77.9 Å². The van der Waals surface area contributed by atoms with Gasteiger partial charge in [0.1, 0.15) is 5.75 Å². The number of hydrogen-bond acceptors (Lipinski definition) is 3. The summed E-state index contributed by atoms with van der Waals surface area (Å²) in [6.07, 6.45) is 0.270. The van der Waals surface area contributed by atoms with Gasteiger partial charge in [-0.05, 0) is 40.1 Å². The van der Waals surface area contributed by atoms with Crippen molar-refractivity contribution < 1.29 is 14.3 Å². The summed E-state index contributed by atoms with van der Waals surface area (Å²) in [5, 5.41) is 4.88. The molecule has 0 spiro atoms. The molecule has 3 aromatic rings. The molecule has 3 rings (SSSR count). The predicted molar refractivity (Wildman–Crippen MR) is 110 cm³/mol. The Labute approximate surface area is 164 Å². The molecule has 0 bridgehead atoms. The van der Waals surface area contributed by atoms with E-state index in [1.807, 2.05) is 60.7 Å². The number of methoxy groups -OCH3 is 1. The second kappa shape index (κ2) is 9.04. The average molecular weight is 376 g/mol. The Bertz CT molecular complexity index is 970. The highest BCUT2D eigenvalue weighted by molar-refractivity contribution is 5.86. The predicted octanol–water partition coefficient (Wildman–Crippen LogP) is 3.17. The van der Waals surface area contributed by atoms with Crippen LogP contribution in [0.5, 0.6) is 5.75 Å². The summed E-state index contributed by atoms with van der Waals surface area (Å²) in [6, 6.07) is 21.5. The topological polar surface area (TPSA) is 58.6 Å². The summed E-state index contributed by atoms with van der Waals surface area (Å²) in [5.41, 5.74) is 1.96.